The molecule has 0 radical (unpaired) electrons. The van der Waals surface area contributed by atoms with Gasteiger partial charge in [0.1, 0.15) is 0 Å². The summed E-state index contributed by atoms with van der Waals surface area (Å²) in [6.07, 6.45) is 4.29. The summed E-state index contributed by atoms with van der Waals surface area (Å²) in [4.78, 5) is 18.3. The van der Waals surface area contributed by atoms with Gasteiger partial charge < -0.3 is 16.6 Å². The molecule has 1 aliphatic rings. The number of thiazole rings is 1. The van der Waals surface area contributed by atoms with Crippen molar-refractivity contribution in [1.29, 1.82) is 0 Å². The van der Waals surface area contributed by atoms with E-state index in [9.17, 15) is 0 Å². The maximum absolute atomic E-state index is 8.36. The average Bonchev–Trinajstić information content (AvgIpc) is 2.96. The van der Waals surface area contributed by atoms with E-state index in [1.165, 1.54) is 21.7 Å². The summed E-state index contributed by atoms with van der Waals surface area (Å²) in [5.74, 6) is 0.662. The first-order valence-corrected chi connectivity index (χ1v) is 8.64. The number of benzene rings is 1. The Bertz CT molecular complexity index is 723. The minimum atomic E-state index is -0.250. The number of hydrogen-bond donors (Lipinski definition) is 3. The molecular formula is C17H22N4O2S. The number of aromatic nitrogens is 1. The lowest BCUT2D eigenvalue weighted by atomic mass is 9.83. The number of nitrogens with zero attached hydrogens (tertiary/aromatic N) is 2. The van der Waals surface area contributed by atoms with E-state index < -0.39 is 0 Å². The molecule has 24 heavy (non-hydrogen) atoms. The Kier molecular flexibility index (Phi) is 6.31. The summed E-state index contributed by atoms with van der Waals surface area (Å²) in [6, 6.07) is 8.77. The zero-order valence-corrected chi connectivity index (χ0v) is 14.4. The smallest absolute Gasteiger partial charge is 0.290 e. The fourth-order valence-electron chi connectivity index (χ4n) is 3.04. The van der Waals surface area contributed by atoms with Gasteiger partial charge in [-0.1, -0.05) is 42.5 Å². The van der Waals surface area contributed by atoms with Crippen LogP contribution in [0.2, 0.25) is 0 Å². The Balaban J connectivity index is 0.000000647. The number of nitrogens with two attached hydrogens (primary N) is 2. The highest BCUT2D eigenvalue weighted by molar-refractivity contribution is 7.15. The molecule has 0 fully saturated rings. The highest BCUT2D eigenvalue weighted by Crippen LogP contribution is 2.38. The van der Waals surface area contributed by atoms with E-state index in [0.29, 0.717) is 11.0 Å². The molecule has 1 unspecified atom stereocenters. The molecule has 3 rings (SSSR count). The number of aliphatic imine (C=N–C) groups is 1. The third-order valence-electron chi connectivity index (χ3n) is 4.03. The molecular weight excluding hydrogens is 324 g/mol. The standard InChI is InChI=1S/C16H20N4S.CH2O2/c1-2-10-5-3-4-6-12(10)11-7-8-13-14(9-11)21-16(19-13)20-15(17)18;2-1-3/h3-6,11H,2,7-9H2,1H3,(H4,17,18,19,20);1H,(H,2,3). The SMILES string of the molecule is CCc1ccccc1C1CCc2nc(N=C(N)N)sc2C1.O=CO. The maximum Gasteiger partial charge on any atom is 0.290 e. The molecule has 2 aromatic rings. The Morgan fingerprint density at radius 1 is 1.46 bits per heavy atom. The van der Waals surface area contributed by atoms with Crippen molar-refractivity contribution in [3.8, 4) is 0 Å². The zero-order chi connectivity index (χ0) is 17.5. The monoisotopic (exact) mass is 346 g/mol. The molecule has 0 saturated carbocycles. The number of carbonyl (C=O) groups is 1. The largest absolute Gasteiger partial charge is 0.483 e. The summed E-state index contributed by atoms with van der Waals surface area (Å²) in [6.45, 7) is 1.97. The van der Waals surface area contributed by atoms with Gasteiger partial charge in [0.05, 0.1) is 5.69 Å². The van der Waals surface area contributed by atoms with Crippen LogP contribution in [0.4, 0.5) is 5.13 Å². The van der Waals surface area contributed by atoms with Crippen molar-refractivity contribution in [1.82, 2.24) is 4.98 Å². The molecule has 1 aromatic carbocycles. The number of hydrogen-bond acceptors (Lipinski definition) is 4. The van der Waals surface area contributed by atoms with Gasteiger partial charge in [-0.25, -0.2) is 4.98 Å². The summed E-state index contributed by atoms with van der Waals surface area (Å²) in [5, 5.41) is 7.57. The van der Waals surface area contributed by atoms with Crippen LogP contribution in [0.15, 0.2) is 29.3 Å². The van der Waals surface area contributed by atoms with Crippen molar-refractivity contribution < 1.29 is 9.90 Å². The summed E-state index contributed by atoms with van der Waals surface area (Å²) >= 11 is 1.62. The minimum absolute atomic E-state index is 0.0778. The Hall–Kier alpha value is -2.41. The third-order valence-corrected chi connectivity index (χ3v) is 5.04. The Morgan fingerprint density at radius 3 is 2.83 bits per heavy atom. The van der Waals surface area contributed by atoms with Gasteiger partial charge in [0, 0.05) is 4.88 Å². The van der Waals surface area contributed by atoms with Gasteiger partial charge in [0.15, 0.2) is 5.96 Å². The van der Waals surface area contributed by atoms with Crippen LogP contribution in [0.5, 0.6) is 0 Å². The molecule has 1 aliphatic carbocycles. The molecule has 7 heteroatoms. The highest BCUT2D eigenvalue weighted by Gasteiger charge is 2.24. The molecule has 0 aliphatic heterocycles. The first-order valence-electron chi connectivity index (χ1n) is 7.82. The van der Waals surface area contributed by atoms with Crippen LogP contribution in [-0.4, -0.2) is 22.5 Å². The van der Waals surface area contributed by atoms with Gasteiger partial charge in [-0.15, -0.1) is 0 Å². The zero-order valence-electron chi connectivity index (χ0n) is 13.6. The van der Waals surface area contributed by atoms with Gasteiger partial charge >= 0.3 is 0 Å². The van der Waals surface area contributed by atoms with Crippen LogP contribution < -0.4 is 11.5 Å². The first kappa shape index (κ1) is 17.9. The van der Waals surface area contributed by atoms with Gasteiger partial charge in [-0.3, -0.25) is 4.79 Å². The van der Waals surface area contributed by atoms with E-state index >= 15 is 0 Å². The number of carboxylic acid groups (broad SMARTS) is 1. The van der Waals surface area contributed by atoms with Crippen LogP contribution in [-0.2, 0) is 24.1 Å². The second-order valence-corrected chi connectivity index (χ2v) is 6.56. The molecule has 1 atom stereocenters. The fourth-order valence-corrected chi connectivity index (χ4v) is 4.12. The fraction of sp³-hybridized carbons (Fsp3) is 0.353. The number of aryl methyl sites for hydroxylation is 2. The number of guanidine groups is 1. The minimum Gasteiger partial charge on any atom is -0.483 e. The van der Waals surface area contributed by atoms with Gasteiger partial charge in [-0.05, 0) is 42.7 Å². The van der Waals surface area contributed by atoms with Crippen LogP contribution in [0.3, 0.4) is 0 Å². The molecule has 0 spiro atoms. The van der Waals surface area contributed by atoms with Crippen LogP contribution in [0.1, 0.15) is 41.0 Å². The van der Waals surface area contributed by atoms with Gasteiger partial charge in [0.25, 0.3) is 6.47 Å². The molecule has 1 aromatic heterocycles. The van der Waals surface area contributed by atoms with Crippen molar-refractivity contribution in [3.63, 3.8) is 0 Å². The number of rotatable bonds is 3. The molecule has 1 heterocycles. The lowest BCUT2D eigenvalue weighted by Gasteiger charge is -2.23. The second kappa shape index (κ2) is 8.44. The average molecular weight is 346 g/mol. The summed E-state index contributed by atoms with van der Waals surface area (Å²) in [7, 11) is 0. The molecule has 0 saturated heterocycles. The van der Waals surface area contributed by atoms with Crippen molar-refractivity contribution in [2.24, 2.45) is 16.5 Å². The van der Waals surface area contributed by atoms with Crippen molar-refractivity contribution >= 4 is 28.9 Å². The lowest BCUT2D eigenvalue weighted by Crippen LogP contribution is -2.21. The predicted octanol–water partition coefficient (Wildman–Crippen LogP) is 2.58. The Morgan fingerprint density at radius 2 is 2.17 bits per heavy atom. The Labute approximate surface area is 145 Å². The topological polar surface area (TPSA) is 115 Å². The molecule has 0 amide bonds. The van der Waals surface area contributed by atoms with Gasteiger partial charge in [0.2, 0.25) is 5.13 Å². The molecule has 5 N–H and O–H groups in total. The van der Waals surface area contributed by atoms with Crippen molar-refractivity contribution in [2.75, 3.05) is 0 Å². The van der Waals surface area contributed by atoms with E-state index in [1.54, 1.807) is 11.3 Å². The van der Waals surface area contributed by atoms with Crippen molar-refractivity contribution in [2.45, 2.75) is 38.5 Å². The maximum atomic E-state index is 8.36. The predicted molar refractivity (Wildman–Crippen MR) is 96.9 cm³/mol. The summed E-state index contributed by atoms with van der Waals surface area (Å²) in [5.41, 5.74) is 15.0. The molecule has 6 nitrogen and oxygen atoms in total. The lowest BCUT2D eigenvalue weighted by molar-refractivity contribution is -0.122. The van der Waals surface area contributed by atoms with E-state index in [1.807, 2.05) is 0 Å². The normalized spacial score (nSPS) is 15.6. The quantitative estimate of drug-likeness (QED) is 0.449. The van der Waals surface area contributed by atoms with Crippen molar-refractivity contribution in [3.05, 3.63) is 46.0 Å². The van der Waals surface area contributed by atoms with E-state index in [4.69, 9.17) is 21.4 Å². The van der Waals surface area contributed by atoms with E-state index in [-0.39, 0.29) is 12.4 Å². The van der Waals surface area contributed by atoms with Gasteiger partial charge in [-0.2, -0.15) is 4.99 Å². The molecule has 0 bridgehead atoms. The van der Waals surface area contributed by atoms with E-state index in [2.05, 4.69) is 41.2 Å². The summed E-state index contributed by atoms with van der Waals surface area (Å²) < 4.78 is 0. The third kappa shape index (κ3) is 4.32. The highest BCUT2D eigenvalue weighted by atomic mass is 32.1. The van der Waals surface area contributed by atoms with E-state index in [0.717, 1.165) is 25.7 Å². The van der Waals surface area contributed by atoms with Crippen LogP contribution in [0, 0.1) is 0 Å². The first-order chi connectivity index (χ1) is 11.6. The van der Waals surface area contributed by atoms with Crippen LogP contribution in [0.25, 0.3) is 0 Å². The number of fused-ring (bicyclic) bond motifs is 1. The van der Waals surface area contributed by atoms with Crippen LogP contribution >= 0.6 is 11.3 Å². The second-order valence-electron chi connectivity index (χ2n) is 5.50. The molecule has 128 valence electrons.